The van der Waals surface area contributed by atoms with Gasteiger partial charge in [-0.2, -0.15) is 5.10 Å². The highest BCUT2D eigenvalue weighted by Crippen LogP contribution is 2.24. The predicted octanol–water partition coefficient (Wildman–Crippen LogP) is 0.505. The molecular formula is C12H21N5S. The fourth-order valence-corrected chi connectivity index (χ4v) is 2.81. The largest absolute Gasteiger partial charge is 0.389 e. The van der Waals surface area contributed by atoms with E-state index < -0.39 is 0 Å². The van der Waals surface area contributed by atoms with Gasteiger partial charge in [0.2, 0.25) is 0 Å². The summed E-state index contributed by atoms with van der Waals surface area (Å²) in [5.41, 5.74) is 7.67. The molecule has 0 radical (unpaired) electrons. The molecule has 0 bridgehead atoms. The summed E-state index contributed by atoms with van der Waals surface area (Å²) in [6.07, 6.45) is 0. The fraction of sp³-hybridized carbons (Fsp3) is 0.667. The van der Waals surface area contributed by atoms with E-state index >= 15 is 0 Å². The Balaban J connectivity index is 2.26. The van der Waals surface area contributed by atoms with Gasteiger partial charge in [0.05, 0.1) is 11.3 Å². The molecule has 0 aliphatic carbocycles. The van der Waals surface area contributed by atoms with Crippen molar-refractivity contribution < 1.29 is 0 Å². The zero-order chi connectivity index (χ0) is 13.3. The van der Waals surface area contributed by atoms with E-state index in [9.17, 15) is 0 Å². The summed E-state index contributed by atoms with van der Waals surface area (Å²) in [5, 5.41) is 4.44. The second kappa shape index (κ2) is 5.24. The van der Waals surface area contributed by atoms with Crippen LogP contribution in [0.25, 0.3) is 0 Å². The lowest BCUT2D eigenvalue weighted by molar-refractivity contribution is 0.269. The number of aromatic nitrogens is 2. The molecule has 0 atom stereocenters. The molecule has 6 heteroatoms. The van der Waals surface area contributed by atoms with Crippen LogP contribution < -0.4 is 10.6 Å². The third-order valence-electron chi connectivity index (χ3n) is 3.56. The molecule has 5 nitrogen and oxygen atoms in total. The first kappa shape index (κ1) is 13.3. The second-order valence-corrected chi connectivity index (χ2v) is 5.13. The molecule has 1 aromatic rings. The first-order valence-electron chi connectivity index (χ1n) is 6.35. The lowest BCUT2D eigenvalue weighted by atomic mass is 10.2. The predicted molar refractivity (Wildman–Crippen MR) is 78.2 cm³/mol. The Morgan fingerprint density at radius 1 is 1.33 bits per heavy atom. The van der Waals surface area contributed by atoms with Gasteiger partial charge in [0.15, 0.2) is 0 Å². The fourth-order valence-electron chi connectivity index (χ4n) is 2.57. The maximum absolute atomic E-state index is 5.83. The van der Waals surface area contributed by atoms with Gasteiger partial charge in [-0.05, 0) is 13.5 Å². The molecule has 1 aromatic heterocycles. The second-order valence-electron chi connectivity index (χ2n) is 4.69. The SMILES string of the molecule is CCN1CCN(c2c(C(N)=S)c(C)nn2C)CC1. The smallest absolute Gasteiger partial charge is 0.137 e. The molecule has 0 saturated carbocycles. The lowest BCUT2D eigenvalue weighted by Gasteiger charge is -2.35. The number of thiocarbonyl (C=S) groups is 1. The summed E-state index contributed by atoms with van der Waals surface area (Å²) in [6, 6.07) is 0. The Hall–Kier alpha value is -1.14. The van der Waals surface area contributed by atoms with Crippen LogP contribution in [0.5, 0.6) is 0 Å². The number of nitrogens with zero attached hydrogens (tertiary/aromatic N) is 4. The van der Waals surface area contributed by atoms with E-state index in [1.165, 1.54) is 0 Å². The lowest BCUT2D eigenvalue weighted by Crippen LogP contribution is -2.47. The molecule has 0 spiro atoms. The van der Waals surface area contributed by atoms with Crippen molar-refractivity contribution in [2.45, 2.75) is 13.8 Å². The number of hydrogen-bond acceptors (Lipinski definition) is 4. The van der Waals surface area contributed by atoms with Crippen LogP contribution in [0.4, 0.5) is 5.82 Å². The highest BCUT2D eigenvalue weighted by atomic mass is 32.1. The highest BCUT2D eigenvalue weighted by molar-refractivity contribution is 7.80. The summed E-state index contributed by atoms with van der Waals surface area (Å²) in [4.78, 5) is 5.22. The van der Waals surface area contributed by atoms with Gasteiger partial charge in [-0.1, -0.05) is 19.1 Å². The van der Waals surface area contributed by atoms with Gasteiger partial charge < -0.3 is 15.5 Å². The average molecular weight is 267 g/mol. The quantitative estimate of drug-likeness (QED) is 0.809. The van der Waals surface area contributed by atoms with Crippen LogP contribution in [0.3, 0.4) is 0 Å². The summed E-state index contributed by atoms with van der Waals surface area (Å²) < 4.78 is 1.89. The van der Waals surface area contributed by atoms with Crippen molar-refractivity contribution in [3.05, 3.63) is 11.3 Å². The Morgan fingerprint density at radius 2 is 1.94 bits per heavy atom. The van der Waals surface area contributed by atoms with Crippen LogP contribution in [-0.4, -0.2) is 52.4 Å². The third kappa shape index (κ3) is 2.35. The standard InChI is InChI=1S/C12H21N5S/c1-4-16-5-7-17(8-6-16)12-10(11(13)18)9(2)14-15(12)3/h4-8H2,1-3H3,(H2,13,18). The molecule has 1 aliphatic heterocycles. The van der Waals surface area contributed by atoms with Crippen molar-refractivity contribution in [3.8, 4) is 0 Å². The molecule has 1 aliphatic rings. The Kier molecular flexibility index (Phi) is 3.87. The van der Waals surface area contributed by atoms with Crippen molar-refractivity contribution in [3.63, 3.8) is 0 Å². The van der Waals surface area contributed by atoms with Gasteiger partial charge in [-0.25, -0.2) is 0 Å². The minimum atomic E-state index is 0.438. The molecule has 1 fully saturated rings. The first-order chi connectivity index (χ1) is 8.54. The van der Waals surface area contributed by atoms with Crippen LogP contribution in [0.15, 0.2) is 0 Å². The normalized spacial score (nSPS) is 17.2. The van der Waals surface area contributed by atoms with Crippen LogP contribution >= 0.6 is 12.2 Å². The van der Waals surface area contributed by atoms with E-state index in [1.54, 1.807) is 0 Å². The van der Waals surface area contributed by atoms with Gasteiger partial charge in [0.25, 0.3) is 0 Å². The maximum atomic E-state index is 5.83. The minimum absolute atomic E-state index is 0.438. The van der Waals surface area contributed by atoms with E-state index in [0.29, 0.717) is 4.99 Å². The highest BCUT2D eigenvalue weighted by Gasteiger charge is 2.24. The van der Waals surface area contributed by atoms with E-state index in [2.05, 4.69) is 21.8 Å². The summed E-state index contributed by atoms with van der Waals surface area (Å²) in [5.74, 6) is 1.07. The summed E-state index contributed by atoms with van der Waals surface area (Å²) >= 11 is 5.15. The van der Waals surface area contributed by atoms with Gasteiger partial charge in [-0.3, -0.25) is 4.68 Å². The van der Waals surface area contributed by atoms with Crippen molar-refractivity contribution in [1.29, 1.82) is 0 Å². The molecule has 1 saturated heterocycles. The third-order valence-corrected chi connectivity index (χ3v) is 3.76. The van der Waals surface area contributed by atoms with Gasteiger partial charge in [0.1, 0.15) is 10.8 Å². The van der Waals surface area contributed by atoms with Gasteiger partial charge in [0, 0.05) is 33.2 Å². The Morgan fingerprint density at radius 3 is 2.44 bits per heavy atom. The van der Waals surface area contributed by atoms with Crippen molar-refractivity contribution in [2.75, 3.05) is 37.6 Å². The molecular weight excluding hydrogens is 246 g/mol. The zero-order valence-corrected chi connectivity index (χ0v) is 12.1. The van der Waals surface area contributed by atoms with Crippen LogP contribution in [0.2, 0.25) is 0 Å². The number of rotatable bonds is 3. The van der Waals surface area contributed by atoms with E-state index in [4.69, 9.17) is 18.0 Å². The molecule has 2 heterocycles. The minimum Gasteiger partial charge on any atom is -0.389 e. The van der Waals surface area contributed by atoms with Crippen LogP contribution in [0, 0.1) is 6.92 Å². The van der Waals surface area contributed by atoms with Crippen LogP contribution in [0.1, 0.15) is 18.2 Å². The number of piperazine rings is 1. The Bertz CT molecular complexity index is 446. The average Bonchev–Trinajstić information content (AvgIpc) is 2.64. The Labute approximate surface area is 114 Å². The first-order valence-corrected chi connectivity index (χ1v) is 6.76. The van der Waals surface area contributed by atoms with E-state index in [1.807, 2.05) is 18.7 Å². The molecule has 0 amide bonds. The topological polar surface area (TPSA) is 50.3 Å². The van der Waals surface area contributed by atoms with Gasteiger partial charge in [-0.15, -0.1) is 0 Å². The van der Waals surface area contributed by atoms with Crippen molar-refractivity contribution in [2.24, 2.45) is 12.8 Å². The number of anilines is 1. The van der Waals surface area contributed by atoms with Gasteiger partial charge >= 0.3 is 0 Å². The van der Waals surface area contributed by atoms with E-state index in [-0.39, 0.29) is 0 Å². The molecule has 18 heavy (non-hydrogen) atoms. The number of nitrogens with two attached hydrogens (primary N) is 1. The molecule has 2 N–H and O–H groups in total. The number of likely N-dealkylation sites (N-methyl/N-ethyl adjacent to an activating group) is 1. The summed E-state index contributed by atoms with van der Waals surface area (Å²) in [7, 11) is 1.95. The zero-order valence-electron chi connectivity index (χ0n) is 11.3. The maximum Gasteiger partial charge on any atom is 0.137 e. The molecule has 0 aromatic carbocycles. The number of hydrogen-bond donors (Lipinski definition) is 1. The monoisotopic (exact) mass is 267 g/mol. The summed E-state index contributed by atoms with van der Waals surface area (Å²) in [6.45, 7) is 9.44. The van der Waals surface area contributed by atoms with Crippen molar-refractivity contribution >= 4 is 23.0 Å². The molecule has 100 valence electrons. The van der Waals surface area contributed by atoms with Crippen molar-refractivity contribution in [1.82, 2.24) is 14.7 Å². The van der Waals surface area contributed by atoms with E-state index in [0.717, 1.165) is 49.8 Å². The number of aryl methyl sites for hydroxylation is 2. The molecule has 2 rings (SSSR count). The molecule has 0 unspecified atom stereocenters. The van der Waals surface area contributed by atoms with Crippen LogP contribution in [-0.2, 0) is 7.05 Å².